The molecule has 0 aliphatic carbocycles. The Morgan fingerprint density at radius 2 is 1.02 bits per heavy atom. The second-order valence-corrected chi connectivity index (χ2v) is 14.7. The number of nitrogens with two attached hydrogens (primary N) is 2. The minimum Gasteiger partial charge on any atom is -0.398 e. The van der Waals surface area contributed by atoms with Crippen LogP contribution in [0.5, 0.6) is 0 Å². The van der Waals surface area contributed by atoms with E-state index in [0.29, 0.717) is 6.54 Å². The van der Waals surface area contributed by atoms with Crippen molar-refractivity contribution in [3.63, 3.8) is 0 Å². The maximum Gasteiger partial charge on any atom is 0.106 e. The van der Waals surface area contributed by atoms with Crippen molar-refractivity contribution in [2.75, 3.05) is 18.1 Å². The van der Waals surface area contributed by atoms with E-state index in [1.54, 1.807) is 0 Å². The first-order valence-corrected chi connectivity index (χ1v) is 19.6. The summed E-state index contributed by atoms with van der Waals surface area (Å²) in [6, 6.07) is 72.9. The molecule has 280 valence electrons. The zero-order chi connectivity index (χ0) is 39.0. The molecule has 0 bridgehead atoms. The van der Waals surface area contributed by atoms with E-state index in [0.717, 1.165) is 17.7 Å². The molecule has 1 aliphatic heterocycles. The van der Waals surface area contributed by atoms with E-state index in [1.165, 1.54) is 66.9 Å². The molecule has 0 fully saturated rings. The summed E-state index contributed by atoms with van der Waals surface area (Å²) in [6.45, 7) is 0.544. The van der Waals surface area contributed by atoms with E-state index >= 15 is 0 Å². The van der Waals surface area contributed by atoms with E-state index < -0.39 is 0 Å². The Bertz CT molecular complexity index is 2530. The predicted molar refractivity (Wildman–Crippen MR) is 240 cm³/mol. The van der Waals surface area contributed by atoms with E-state index in [2.05, 4.69) is 199 Å². The largest absolute Gasteiger partial charge is 0.398 e. The number of hydrogen-bond acceptors (Lipinski definition) is 4. The maximum atomic E-state index is 5.99. The van der Waals surface area contributed by atoms with Gasteiger partial charge in [-0.25, -0.2) is 0 Å². The van der Waals surface area contributed by atoms with Crippen molar-refractivity contribution < 1.29 is 0 Å². The van der Waals surface area contributed by atoms with Crippen molar-refractivity contribution in [3.8, 4) is 33.4 Å². The van der Waals surface area contributed by atoms with Gasteiger partial charge in [-0.3, -0.25) is 4.90 Å². The van der Waals surface area contributed by atoms with Crippen LogP contribution in [-0.2, 0) is 13.0 Å². The first-order valence-electron chi connectivity index (χ1n) is 19.6. The minimum absolute atomic E-state index is 0.0336. The normalized spacial score (nSPS) is 14.8. The summed E-state index contributed by atoms with van der Waals surface area (Å²) in [6.07, 6.45) is 0.910. The summed E-state index contributed by atoms with van der Waals surface area (Å²) in [7, 11) is 2.21. The van der Waals surface area contributed by atoms with Gasteiger partial charge in [0.1, 0.15) is 6.17 Å². The van der Waals surface area contributed by atoms with Gasteiger partial charge in [0, 0.05) is 17.9 Å². The summed E-state index contributed by atoms with van der Waals surface area (Å²) < 4.78 is 0. The SMILES string of the molecule is CN1C(c2cccc(-c3cccc(CN)c3)c2)Nc2ccccc2C1c1ccc(-c2ccccc2)cc1.Nc1ccccc1Cc1ccc(-c2ccccc2)cc1. The number of anilines is 2. The highest BCUT2D eigenvalue weighted by Crippen LogP contribution is 2.43. The highest BCUT2D eigenvalue weighted by atomic mass is 15.3. The van der Waals surface area contributed by atoms with Crippen LogP contribution in [0.2, 0.25) is 0 Å². The van der Waals surface area contributed by atoms with Crippen LogP contribution in [0.25, 0.3) is 33.4 Å². The Balaban J connectivity index is 0.000000192. The number of hydrogen-bond donors (Lipinski definition) is 3. The lowest BCUT2D eigenvalue weighted by Gasteiger charge is -2.42. The van der Waals surface area contributed by atoms with Gasteiger partial charge in [0.25, 0.3) is 0 Å². The summed E-state index contributed by atoms with van der Waals surface area (Å²) in [5, 5.41) is 3.81. The number of rotatable bonds is 8. The number of nitrogens with zero attached hydrogens (tertiary/aromatic N) is 1. The smallest absolute Gasteiger partial charge is 0.106 e. The lowest BCUT2D eigenvalue weighted by molar-refractivity contribution is 0.209. The molecule has 8 aromatic rings. The average molecular weight is 741 g/mol. The molecule has 9 rings (SSSR count). The van der Waals surface area contributed by atoms with Crippen LogP contribution in [0.15, 0.2) is 206 Å². The van der Waals surface area contributed by atoms with Gasteiger partial charge >= 0.3 is 0 Å². The fourth-order valence-electron chi connectivity index (χ4n) is 7.83. The van der Waals surface area contributed by atoms with Crippen LogP contribution >= 0.6 is 0 Å². The zero-order valence-electron chi connectivity index (χ0n) is 32.3. The summed E-state index contributed by atoms with van der Waals surface area (Å²) in [4.78, 5) is 2.44. The second-order valence-electron chi connectivity index (χ2n) is 14.7. The highest BCUT2D eigenvalue weighted by molar-refractivity contribution is 5.68. The van der Waals surface area contributed by atoms with Crippen molar-refractivity contribution in [1.82, 2.24) is 4.90 Å². The van der Waals surface area contributed by atoms with Gasteiger partial charge in [-0.1, -0.05) is 182 Å². The van der Waals surface area contributed by atoms with Crippen LogP contribution in [0.3, 0.4) is 0 Å². The Hall–Kier alpha value is -6.72. The quantitative estimate of drug-likeness (QED) is 0.136. The van der Waals surface area contributed by atoms with Crippen molar-refractivity contribution in [3.05, 3.63) is 240 Å². The molecule has 1 heterocycles. The molecule has 57 heavy (non-hydrogen) atoms. The van der Waals surface area contributed by atoms with Crippen molar-refractivity contribution >= 4 is 11.4 Å². The number of nitrogen functional groups attached to an aromatic ring is 1. The van der Waals surface area contributed by atoms with Crippen LogP contribution in [-0.4, -0.2) is 11.9 Å². The Kier molecular flexibility index (Phi) is 11.4. The molecule has 1 aliphatic rings. The first-order chi connectivity index (χ1) is 28.0. The molecule has 5 N–H and O–H groups in total. The van der Waals surface area contributed by atoms with E-state index in [4.69, 9.17) is 11.5 Å². The average Bonchev–Trinajstić information content (AvgIpc) is 3.28. The van der Waals surface area contributed by atoms with Crippen LogP contribution in [0.1, 0.15) is 45.6 Å². The summed E-state index contributed by atoms with van der Waals surface area (Å²) in [5.74, 6) is 0. The van der Waals surface area contributed by atoms with Gasteiger partial charge in [-0.15, -0.1) is 0 Å². The monoisotopic (exact) mass is 740 g/mol. The van der Waals surface area contributed by atoms with Crippen molar-refractivity contribution in [2.24, 2.45) is 5.73 Å². The number of nitrogens with one attached hydrogen (secondary N) is 1. The molecule has 0 aromatic heterocycles. The molecular formula is C53H48N4. The van der Waals surface area contributed by atoms with E-state index in [-0.39, 0.29) is 12.2 Å². The van der Waals surface area contributed by atoms with Gasteiger partial charge in [0.2, 0.25) is 0 Å². The number of benzene rings is 8. The van der Waals surface area contributed by atoms with Crippen molar-refractivity contribution in [2.45, 2.75) is 25.2 Å². The summed E-state index contributed by atoms with van der Waals surface area (Å²) >= 11 is 0. The second kappa shape index (κ2) is 17.4. The van der Waals surface area contributed by atoms with Crippen LogP contribution in [0.4, 0.5) is 11.4 Å². The molecule has 0 saturated heterocycles. The molecule has 2 unspecified atom stereocenters. The fraction of sp³-hybridized carbons (Fsp3) is 0.0943. The molecule has 4 nitrogen and oxygen atoms in total. The lowest BCUT2D eigenvalue weighted by Crippen LogP contribution is -2.38. The van der Waals surface area contributed by atoms with Crippen molar-refractivity contribution in [1.29, 1.82) is 0 Å². The van der Waals surface area contributed by atoms with Gasteiger partial charge in [-0.05, 0) is 104 Å². The minimum atomic E-state index is 0.0336. The first kappa shape index (κ1) is 37.2. The van der Waals surface area contributed by atoms with Crippen LogP contribution < -0.4 is 16.8 Å². The molecule has 0 radical (unpaired) electrons. The molecule has 0 spiro atoms. The highest BCUT2D eigenvalue weighted by Gasteiger charge is 2.33. The topological polar surface area (TPSA) is 67.3 Å². The molecular weight excluding hydrogens is 693 g/mol. The predicted octanol–water partition coefficient (Wildman–Crippen LogP) is 12.2. The third-order valence-electron chi connectivity index (χ3n) is 10.9. The zero-order valence-corrected chi connectivity index (χ0v) is 32.3. The number of fused-ring (bicyclic) bond motifs is 1. The summed E-state index contributed by atoms with van der Waals surface area (Å²) in [5.41, 5.74) is 28.7. The molecule has 0 amide bonds. The van der Waals surface area contributed by atoms with Gasteiger partial charge in [-0.2, -0.15) is 0 Å². The Labute approximate surface area is 337 Å². The van der Waals surface area contributed by atoms with Gasteiger partial charge in [0.15, 0.2) is 0 Å². The Morgan fingerprint density at radius 1 is 0.474 bits per heavy atom. The third kappa shape index (κ3) is 8.58. The molecule has 8 aromatic carbocycles. The molecule has 0 saturated carbocycles. The fourth-order valence-corrected chi connectivity index (χ4v) is 7.83. The molecule has 4 heteroatoms. The third-order valence-corrected chi connectivity index (χ3v) is 10.9. The van der Waals surface area contributed by atoms with Gasteiger partial charge in [0.05, 0.1) is 6.04 Å². The van der Waals surface area contributed by atoms with Crippen LogP contribution in [0, 0.1) is 0 Å². The number of para-hydroxylation sites is 2. The van der Waals surface area contributed by atoms with Gasteiger partial charge < -0.3 is 16.8 Å². The van der Waals surface area contributed by atoms with E-state index in [1.807, 2.05) is 24.3 Å². The Morgan fingerprint density at radius 3 is 1.68 bits per heavy atom. The maximum absolute atomic E-state index is 5.99. The molecule has 2 atom stereocenters. The standard InChI is InChI=1S/C34H31N3.C19H17N/c1-37-33(27-19-17-26(18-20-27)25-10-3-2-4-11-25)31-15-5-6-16-32(31)36-34(37)30-14-8-13-29(22-30)28-12-7-9-24(21-28)23-35;20-19-9-5-4-8-18(19)14-15-10-12-17(13-11-15)16-6-2-1-3-7-16/h2-22,33-34,36H,23,35H2,1H3;1-13H,14,20H2. The lowest BCUT2D eigenvalue weighted by atomic mass is 9.90. The van der Waals surface area contributed by atoms with E-state index in [9.17, 15) is 0 Å².